The molecule has 0 bridgehead atoms. The Hall–Kier alpha value is -2.76. The smallest absolute Gasteiger partial charge is 0.176 e. The number of ether oxygens (including phenoxy) is 1. The summed E-state index contributed by atoms with van der Waals surface area (Å²) >= 11 is 0. The first-order chi connectivity index (χ1) is 14.2. The van der Waals surface area contributed by atoms with Crippen molar-refractivity contribution >= 4 is 33.1 Å². The number of Topliss-reactive ketones (excluding diaryl/α,β-unsaturated/α-hetero) is 2. The molecule has 3 aromatic rings. The molecule has 0 amide bonds. The molecule has 1 aliphatic carbocycles. The number of carbonyl (C=O) groups is 2. The summed E-state index contributed by atoms with van der Waals surface area (Å²) < 4.78 is 5.38. The van der Waals surface area contributed by atoms with Gasteiger partial charge in [-0.1, -0.05) is 43.7 Å². The van der Waals surface area contributed by atoms with Crippen molar-refractivity contribution in [3.8, 4) is 5.75 Å². The summed E-state index contributed by atoms with van der Waals surface area (Å²) in [6.07, 6.45) is 2.24. The molecule has 0 saturated heterocycles. The van der Waals surface area contributed by atoms with E-state index in [-0.39, 0.29) is 11.6 Å². The molecule has 4 rings (SSSR count). The summed E-state index contributed by atoms with van der Waals surface area (Å²) in [6.45, 7) is 4.01. The summed E-state index contributed by atoms with van der Waals surface area (Å²) in [5.41, 5.74) is 1.08. The number of unbranched alkanes of at least 4 members (excludes halogenated alkanes) is 1. The molecule has 1 atom stereocenters. The van der Waals surface area contributed by atoms with Gasteiger partial charge in [0.1, 0.15) is 5.75 Å². The Kier molecular flexibility index (Phi) is 5.60. The Morgan fingerprint density at radius 3 is 2.52 bits per heavy atom. The molecule has 0 aliphatic heterocycles. The van der Waals surface area contributed by atoms with Crippen LogP contribution in [0.25, 0.3) is 21.5 Å². The van der Waals surface area contributed by atoms with Gasteiger partial charge in [0.05, 0.1) is 13.0 Å². The van der Waals surface area contributed by atoms with Gasteiger partial charge in [-0.3, -0.25) is 9.59 Å². The second kappa shape index (κ2) is 8.31. The van der Waals surface area contributed by atoms with Gasteiger partial charge in [0, 0.05) is 29.7 Å². The predicted octanol–water partition coefficient (Wildman–Crippen LogP) is 3.93. The van der Waals surface area contributed by atoms with Crippen molar-refractivity contribution in [2.75, 3.05) is 26.9 Å². The molecule has 0 radical (unpaired) electrons. The van der Waals surface area contributed by atoms with Gasteiger partial charge in [-0.2, -0.15) is 0 Å². The normalized spacial score (nSPS) is 16.0. The lowest BCUT2D eigenvalue weighted by Gasteiger charge is -2.11. The van der Waals surface area contributed by atoms with Crippen LogP contribution in [0.15, 0.2) is 42.5 Å². The number of hydrogen-bond donors (Lipinski definition) is 2. The second-order valence-electron chi connectivity index (χ2n) is 7.50. The van der Waals surface area contributed by atoms with Crippen LogP contribution >= 0.6 is 0 Å². The zero-order valence-corrected chi connectivity index (χ0v) is 16.9. The average Bonchev–Trinajstić information content (AvgIpc) is 3.00. The van der Waals surface area contributed by atoms with E-state index in [0.717, 1.165) is 46.7 Å². The lowest BCUT2D eigenvalue weighted by atomic mass is 9.94. The first-order valence-corrected chi connectivity index (χ1v) is 10.2. The standard InChI is InChI=1S/C24H26N2O3/c1-3-4-11-25-14-26-13-20-23(27)18-10-8-16-6-5-15-7-9-17(29-2)12-19(15)21(16)22(18)24(20)28/h5-10,12,20,25-26H,3-4,11,13-14H2,1-2H3. The highest BCUT2D eigenvalue weighted by atomic mass is 16.5. The van der Waals surface area contributed by atoms with Crippen LogP contribution in [-0.2, 0) is 0 Å². The highest BCUT2D eigenvalue weighted by molar-refractivity contribution is 6.33. The minimum atomic E-state index is -0.663. The topological polar surface area (TPSA) is 67.4 Å². The van der Waals surface area contributed by atoms with Gasteiger partial charge in [-0.05, 0) is 41.3 Å². The van der Waals surface area contributed by atoms with E-state index in [1.54, 1.807) is 13.2 Å². The molecule has 150 valence electrons. The third-order valence-electron chi connectivity index (χ3n) is 5.66. The molecule has 0 aromatic heterocycles. The molecule has 29 heavy (non-hydrogen) atoms. The van der Waals surface area contributed by atoms with E-state index < -0.39 is 5.92 Å². The van der Waals surface area contributed by atoms with Crippen molar-refractivity contribution < 1.29 is 14.3 Å². The minimum absolute atomic E-state index is 0.0899. The third kappa shape index (κ3) is 3.52. The molecule has 5 heteroatoms. The van der Waals surface area contributed by atoms with Crippen molar-refractivity contribution in [1.82, 2.24) is 10.6 Å². The Bertz CT molecular complexity index is 1090. The van der Waals surface area contributed by atoms with Crippen LogP contribution in [0.5, 0.6) is 5.75 Å². The number of carbonyl (C=O) groups excluding carboxylic acids is 2. The monoisotopic (exact) mass is 390 g/mol. The van der Waals surface area contributed by atoms with Gasteiger partial charge in [0.25, 0.3) is 0 Å². The number of hydrogen-bond acceptors (Lipinski definition) is 5. The zero-order chi connectivity index (χ0) is 20.4. The first-order valence-electron chi connectivity index (χ1n) is 10.2. The van der Waals surface area contributed by atoms with E-state index in [9.17, 15) is 9.59 Å². The number of fused-ring (bicyclic) bond motifs is 5. The lowest BCUT2D eigenvalue weighted by molar-refractivity contribution is 0.0838. The second-order valence-corrected chi connectivity index (χ2v) is 7.50. The van der Waals surface area contributed by atoms with E-state index in [1.807, 2.05) is 36.4 Å². The van der Waals surface area contributed by atoms with E-state index in [2.05, 4.69) is 17.6 Å². The molecular weight excluding hydrogens is 364 g/mol. The summed E-state index contributed by atoms with van der Waals surface area (Å²) in [5.74, 6) is -0.111. The predicted molar refractivity (Wildman–Crippen MR) is 116 cm³/mol. The van der Waals surface area contributed by atoms with E-state index >= 15 is 0 Å². The van der Waals surface area contributed by atoms with Crippen molar-refractivity contribution in [2.24, 2.45) is 5.92 Å². The summed E-state index contributed by atoms with van der Waals surface area (Å²) in [5, 5.41) is 10.3. The largest absolute Gasteiger partial charge is 0.497 e. The van der Waals surface area contributed by atoms with Gasteiger partial charge < -0.3 is 15.4 Å². The highest BCUT2D eigenvalue weighted by Gasteiger charge is 2.39. The number of methoxy groups -OCH3 is 1. The van der Waals surface area contributed by atoms with Gasteiger partial charge in [0.2, 0.25) is 0 Å². The van der Waals surface area contributed by atoms with Crippen molar-refractivity contribution in [1.29, 1.82) is 0 Å². The van der Waals surface area contributed by atoms with Crippen LogP contribution < -0.4 is 15.4 Å². The number of ketones is 2. The maximum atomic E-state index is 13.3. The fourth-order valence-electron chi connectivity index (χ4n) is 4.07. The quantitative estimate of drug-likeness (QED) is 0.264. The molecule has 0 fully saturated rings. The maximum absolute atomic E-state index is 13.3. The zero-order valence-electron chi connectivity index (χ0n) is 16.9. The molecule has 1 aliphatic rings. The van der Waals surface area contributed by atoms with Crippen molar-refractivity contribution in [2.45, 2.75) is 19.8 Å². The Balaban J connectivity index is 1.69. The average molecular weight is 390 g/mol. The van der Waals surface area contributed by atoms with Gasteiger partial charge in [0.15, 0.2) is 11.6 Å². The summed E-state index contributed by atoms with van der Waals surface area (Å²) in [4.78, 5) is 26.2. The molecule has 3 aromatic carbocycles. The van der Waals surface area contributed by atoms with Crippen LogP contribution in [-0.4, -0.2) is 38.4 Å². The van der Waals surface area contributed by atoms with Crippen LogP contribution in [0.2, 0.25) is 0 Å². The van der Waals surface area contributed by atoms with Gasteiger partial charge >= 0.3 is 0 Å². The molecular formula is C24H26N2O3. The Morgan fingerprint density at radius 2 is 1.72 bits per heavy atom. The Morgan fingerprint density at radius 1 is 0.966 bits per heavy atom. The molecule has 0 saturated carbocycles. The van der Waals surface area contributed by atoms with Crippen LogP contribution in [0, 0.1) is 5.92 Å². The first kappa shape index (κ1) is 19.6. The molecule has 5 nitrogen and oxygen atoms in total. The fourth-order valence-corrected chi connectivity index (χ4v) is 4.07. The minimum Gasteiger partial charge on any atom is -0.497 e. The van der Waals surface area contributed by atoms with E-state index in [4.69, 9.17) is 4.74 Å². The van der Waals surface area contributed by atoms with Gasteiger partial charge in [-0.15, -0.1) is 0 Å². The van der Waals surface area contributed by atoms with Gasteiger partial charge in [-0.25, -0.2) is 0 Å². The Labute approximate surface area is 170 Å². The maximum Gasteiger partial charge on any atom is 0.176 e. The number of benzene rings is 3. The summed E-state index contributed by atoms with van der Waals surface area (Å²) in [6, 6.07) is 13.6. The van der Waals surface area contributed by atoms with Crippen LogP contribution in [0.3, 0.4) is 0 Å². The molecule has 1 unspecified atom stereocenters. The molecule has 0 spiro atoms. The third-order valence-corrected chi connectivity index (χ3v) is 5.66. The van der Waals surface area contributed by atoms with E-state index in [0.29, 0.717) is 24.3 Å². The SMILES string of the molecule is CCCCNCNCC1C(=O)c2ccc3ccc4ccc(OC)cc4c3c2C1=O. The van der Waals surface area contributed by atoms with Crippen molar-refractivity contribution in [3.05, 3.63) is 53.6 Å². The van der Waals surface area contributed by atoms with E-state index in [1.165, 1.54) is 0 Å². The fraction of sp³-hybridized carbons (Fsp3) is 0.333. The lowest BCUT2D eigenvalue weighted by Crippen LogP contribution is -2.36. The number of nitrogens with one attached hydrogen (secondary N) is 2. The highest BCUT2D eigenvalue weighted by Crippen LogP contribution is 2.37. The molecule has 2 N–H and O–H groups in total. The van der Waals surface area contributed by atoms with Crippen LogP contribution in [0.1, 0.15) is 40.5 Å². The molecule has 0 heterocycles. The van der Waals surface area contributed by atoms with Crippen molar-refractivity contribution in [3.63, 3.8) is 0 Å². The summed E-state index contributed by atoms with van der Waals surface area (Å²) in [7, 11) is 1.63. The number of rotatable bonds is 8. The van der Waals surface area contributed by atoms with Crippen LogP contribution in [0.4, 0.5) is 0 Å².